The lowest BCUT2D eigenvalue weighted by Gasteiger charge is -2.25. The van der Waals surface area contributed by atoms with Gasteiger partial charge in [0.1, 0.15) is 0 Å². The Morgan fingerprint density at radius 3 is 1.97 bits per heavy atom. The molecule has 10 nitrogen and oxygen atoms in total. The van der Waals surface area contributed by atoms with Gasteiger partial charge in [-0.15, -0.1) is 0 Å². The Balaban J connectivity index is 0.000000300. The van der Waals surface area contributed by atoms with Crippen molar-refractivity contribution < 1.29 is 0 Å². The maximum absolute atomic E-state index is 5.63. The zero-order chi connectivity index (χ0) is 22.7. The molecule has 4 N–H and O–H groups in total. The largest absolute Gasteiger partial charge is 0.368 e. The van der Waals surface area contributed by atoms with Crippen LogP contribution < -0.4 is 21.3 Å². The number of thioether (sulfide) groups is 2. The Morgan fingerprint density at radius 1 is 0.867 bits per heavy atom. The number of aromatic nitrogens is 6. The van der Waals surface area contributed by atoms with Gasteiger partial charge in [-0.05, 0) is 54.1 Å². The van der Waals surface area contributed by atoms with E-state index in [1.54, 1.807) is 0 Å². The average Bonchev–Trinajstić information content (AvgIpc) is 2.67. The monoisotopic (exact) mass is 454 g/mol. The van der Waals surface area contributed by atoms with Gasteiger partial charge in [0.05, 0.1) is 0 Å². The van der Waals surface area contributed by atoms with Crippen molar-refractivity contribution >= 4 is 47.3 Å². The smallest absolute Gasteiger partial charge is 0.231 e. The van der Waals surface area contributed by atoms with Crippen LogP contribution in [0.15, 0.2) is 10.3 Å². The van der Waals surface area contributed by atoms with E-state index in [9.17, 15) is 0 Å². The van der Waals surface area contributed by atoms with Crippen molar-refractivity contribution in [2.24, 2.45) is 0 Å². The second-order valence-corrected chi connectivity index (χ2v) is 8.21. The third-order valence-electron chi connectivity index (χ3n) is 3.57. The van der Waals surface area contributed by atoms with Crippen molar-refractivity contribution in [1.29, 1.82) is 0 Å². The van der Waals surface area contributed by atoms with E-state index in [-0.39, 0.29) is 5.95 Å². The maximum atomic E-state index is 5.63. The minimum absolute atomic E-state index is 0.281. The van der Waals surface area contributed by atoms with Crippen LogP contribution >= 0.6 is 23.5 Å². The van der Waals surface area contributed by atoms with Gasteiger partial charge in [-0.1, -0.05) is 23.5 Å². The molecule has 0 bridgehead atoms. The van der Waals surface area contributed by atoms with Gasteiger partial charge in [0, 0.05) is 25.2 Å². The number of nitrogen functional groups attached to an aromatic ring is 1. The van der Waals surface area contributed by atoms with E-state index in [1.807, 2.05) is 19.4 Å². The molecule has 0 aliphatic carbocycles. The first-order valence-electron chi connectivity index (χ1n) is 9.86. The van der Waals surface area contributed by atoms with E-state index >= 15 is 0 Å². The summed E-state index contributed by atoms with van der Waals surface area (Å²) in [6.45, 7) is 14.0. The summed E-state index contributed by atoms with van der Waals surface area (Å²) in [5.41, 5.74) is 5.63. The number of nitrogens with one attached hydrogen (secondary N) is 2. The number of anilines is 4. The first-order chi connectivity index (χ1) is 14.2. The molecule has 168 valence electrons. The molecule has 0 amide bonds. The topological polar surface area (TPSA) is 131 Å². The van der Waals surface area contributed by atoms with Gasteiger partial charge in [-0.2, -0.15) is 29.9 Å². The molecule has 0 atom stereocenters. The second-order valence-electron chi connectivity index (χ2n) is 6.66. The van der Waals surface area contributed by atoms with Crippen molar-refractivity contribution in [2.45, 2.75) is 63.9 Å². The van der Waals surface area contributed by atoms with Crippen LogP contribution in [-0.4, -0.2) is 67.6 Å². The molecule has 0 saturated heterocycles. The molecule has 0 aliphatic rings. The lowest BCUT2D eigenvalue weighted by atomic mass is 10.3. The van der Waals surface area contributed by atoms with E-state index in [0.717, 1.165) is 18.2 Å². The summed E-state index contributed by atoms with van der Waals surface area (Å²) >= 11 is 2.98. The summed E-state index contributed by atoms with van der Waals surface area (Å²) in [4.78, 5) is 27.3. The molecule has 2 aromatic heterocycles. The van der Waals surface area contributed by atoms with E-state index < -0.39 is 0 Å². The highest BCUT2D eigenvalue weighted by Crippen LogP contribution is 2.17. The standard InChI is InChI=1S/2C9H17N5S/c1-5-14(6(2)3)8-11-7(10)12-9(13-8)15-4;1-5-10-7-12-8(11-6(2)3)14-9(13-7)15-4/h6H,5H2,1-4H3,(H2,10,11,12,13);6H,5H2,1-4H3,(H2,10,11,12,13,14). The molecule has 0 saturated carbocycles. The predicted octanol–water partition coefficient (Wildman–Crippen LogP) is 3.26. The Labute approximate surface area is 188 Å². The van der Waals surface area contributed by atoms with E-state index in [4.69, 9.17) is 5.73 Å². The van der Waals surface area contributed by atoms with Crippen molar-refractivity contribution in [1.82, 2.24) is 29.9 Å². The summed E-state index contributed by atoms with van der Waals surface area (Å²) in [6.07, 6.45) is 3.87. The quantitative estimate of drug-likeness (QED) is 0.480. The Kier molecular flexibility index (Phi) is 11.5. The molecule has 2 aromatic rings. The highest BCUT2D eigenvalue weighted by atomic mass is 32.2. The normalized spacial score (nSPS) is 10.6. The van der Waals surface area contributed by atoms with E-state index in [0.29, 0.717) is 35.1 Å². The highest BCUT2D eigenvalue weighted by molar-refractivity contribution is 7.98. The minimum atomic E-state index is 0.281. The maximum Gasteiger partial charge on any atom is 0.231 e. The average molecular weight is 455 g/mol. The van der Waals surface area contributed by atoms with Crippen LogP contribution in [0.1, 0.15) is 41.5 Å². The zero-order valence-corrected chi connectivity index (χ0v) is 20.7. The van der Waals surface area contributed by atoms with Gasteiger partial charge < -0.3 is 21.3 Å². The fourth-order valence-electron chi connectivity index (χ4n) is 2.33. The number of rotatable bonds is 9. The Hall–Kier alpha value is -2.08. The fourth-order valence-corrected chi connectivity index (χ4v) is 3.04. The van der Waals surface area contributed by atoms with Crippen molar-refractivity contribution in [3.63, 3.8) is 0 Å². The molecule has 0 fully saturated rings. The fraction of sp³-hybridized carbons (Fsp3) is 0.667. The van der Waals surface area contributed by atoms with Crippen molar-refractivity contribution in [3.05, 3.63) is 0 Å². The molecule has 2 rings (SSSR count). The Bertz CT molecular complexity index is 771. The third-order valence-corrected chi connectivity index (χ3v) is 4.67. The summed E-state index contributed by atoms with van der Waals surface area (Å²) in [5.74, 6) is 2.19. The first kappa shape index (κ1) is 26.0. The molecule has 0 aliphatic heterocycles. The van der Waals surface area contributed by atoms with Gasteiger partial charge in [0.15, 0.2) is 10.3 Å². The second kappa shape index (κ2) is 13.3. The van der Waals surface area contributed by atoms with Gasteiger partial charge in [-0.25, -0.2) is 0 Å². The molecule has 12 heteroatoms. The first-order valence-corrected chi connectivity index (χ1v) is 12.3. The summed E-state index contributed by atoms with van der Waals surface area (Å²) in [6, 6.07) is 0.670. The number of nitrogens with zero attached hydrogens (tertiary/aromatic N) is 7. The molecule has 0 unspecified atom stereocenters. The third kappa shape index (κ3) is 8.74. The van der Waals surface area contributed by atoms with Crippen LogP contribution in [0, 0.1) is 0 Å². The summed E-state index contributed by atoms with van der Waals surface area (Å²) in [7, 11) is 0. The molecule has 30 heavy (non-hydrogen) atoms. The van der Waals surface area contributed by atoms with Gasteiger partial charge in [0.25, 0.3) is 0 Å². The van der Waals surface area contributed by atoms with Crippen LogP contribution in [0.3, 0.4) is 0 Å². The summed E-state index contributed by atoms with van der Waals surface area (Å²) < 4.78 is 0. The van der Waals surface area contributed by atoms with Gasteiger partial charge >= 0.3 is 0 Å². The van der Waals surface area contributed by atoms with Crippen LogP contribution in [0.2, 0.25) is 0 Å². The van der Waals surface area contributed by atoms with Crippen LogP contribution in [-0.2, 0) is 0 Å². The van der Waals surface area contributed by atoms with Crippen molar-refractivity contribution in [3.8, 4) is 0 Å². The van der Waals surface area contributed by atoms with Gasteiger partial charge in [-0.3, -0.25) is 0 Å². The van der Waals surface area contributed by atoms with E-state index in [1.165, 1.54) is 23.5 Å². The lowest BCUT2D eigenvalue weighted by molar-refractivity contribution is 0.670. The molecule has 0 aromatic carbocycles. The number of nitrogens with two attached hydrogens (primary N) is 1. The number of hydrogen-bond donors (Lipinski definition) is 3. The molecular weight excluding hydrogens is 420 g/mol. The summed E-state index contributed by atoms with van der Waals surface area (Å²) in [5, 5.41) is 7.63. The SMILES string of the molecule is CCN(c1nc(N)nc(SC)n1)C(C)C.CCNc1nc(NC(C)C)nc(SC)n1. The van der Waals surface area contributed by atoms with E-state index in [2.05, 4.69) is 80.1 Å². The van der Waals surface area contributed by atoms with Crippen LogP contribution in [0.5, 0.6) is 0 Å². The molecule has 0 radical (unpaired) electrons. The van der Waals surface area contributed by atoms with Crippen LogP contribution in [0.25, 0.3) is 0 Å². The van der Waals surface area contributed by atoms with Crippen molar-refractivity contribution in [2.75, 3.05) is 46.9 Å². The van der Waals surface area contributed by atoms with Crippen LogP contribution in [0.4, 0.5) is 23.8 Å². The molecular formula is C18H34N10S2. The van der Waals surface area contributed by atoms with Gasteiger partial charge in [0.2, 0.25) is 23.8 Å². The Morgan fingerprint density at radius 2 is 1.47 bits per heavy atom. The number of hydrogen-bond acceptors (Lipinski definition) is 12. The predicted molar refractivity (Wildman–Crippen MR) is 129 cm³/mol. The minimum Gasteiger partial charge on any atom is -0.368 e. The lowest BCUT2D eigenvalue weighted by Crippen LogP contribution is -2.32. The zero-order valence-electron chi connectivity index (χ0n) is 19.1. The molecule has 0 spiro atoms. The molecule has 2 heterocycles. The highest BCUT2D eigenvalue weighted by Gasteiger charge is 2.13.